The quantitative estimate of drug-likeness (QED) is 0.202. The molecule has 0 unspecified atom stereocenters. The first-order valence-corrected chi connectivity index (χ1v) is 13.1. The van der Waals surface area contributed by atoms with E-state index in [1.807, 2.05) is 61.5 Å². The zero-order valence-electron chi connectivity index (χ0n) is 20.8. The molecule has 8 nitrogen and oxygen atoms in total. The molecule has 0 spiro atoms. The molecule has 1 fully saturated rings. The van der Waals surface area contributed by atoms with Crippen LogP contribution >= 0.6 is 22.6 Å². The number of hydrogen-bond donors (Lipinski definition) is 2. The highest BCUT2D eigenvalue weighted by atomic mass is 127. The number of halogens is 1. The van der Waals surface area contributed by atoms with Crippen molar-refractivity contribution < 1.29 is 19.1 Å². The van der Waals surface area contributed by atoms with Crippen molar-refractivity contribution >= 4 is 52.0 Å². The van der Waals surface area contributed by atoms with E-state index in [0.29, 0.717) is 28.3 Å². The van der Waals surface area contributed by atoms with E-state index in [2.05, 4.69) is 43.3 Å². The van der Waals surface area contributed by atoms with E-state index in [1.165, 1.54) is 26.2 Å². The molecule has 0 atom stereocenters. The molecule has 3 aromatic rings. The maximum absolute atomic E-state index is 12.5. The number of benzene rings is 3. The third kappa shape index (κ3) is 7.22. The molecular formula is C28H29IN4O4. The summed E-state index contributed by atoms with van der Waals surface area (Å²) in [5, 5.41) is 6.90. The molecule has 0 saturated carbocycles. The van der Waals surface area contributed by atoms with Crippen LogP contribution in [0.3, 0.4) is 0 Å². The molecule has 4 rings (SSSR count). The number of carbonyl (C=O) groups is 2. The molecule has 0 aromatic heterocycles. The van der Waals surface area contributed by atoms with Crippen molar-refractivity contribution in [3.05, 3.63) is 80.9 Å². The fourth-order valence-electron chi connectivity index (χ4n) is 3.96. The molecule has 1 aliphatic rings. The summed E-state index contributed by atoms with van der Waals surface area (Å²) in [7, 11) is 1.53. The number of hydrogen-bond acceptors (Lipinski definition) is 6. The number of aryl methyl sites for hydroxylation is 1. The molecule has 2 N–H and O–H groups in total. The third-order valence-electron chi connectivity index (χ3n) is 5.92. The minimum absolute atomic E-state index is 0.166. The number of hydrazone groups is 1. The van der Waals surface area contributed by atoms with Crippen molar-refractivity contribution in [1.82, 2.24) is 5.43 Å². The van der Waals surface area contributed by atoms with Gasteiger partial charge >= 0.3 is 0 Å². The highest BCUT2D eigenvalue weighted by Gasteiger charge is 2.15. The van der Waals surface area contributed by atoms with Gasteiger partial charge < -0.3 is 19.7 Å². The highest BCUT2D eigenvalue weighted by molar-refractivity contribution is 14.1. The topological polar surface area (TPSA) is 92.3 Å². The number of carbonyl (C=O) groups excluding carboxylic acids is 2. The number of anilines is 2. The van der Waals surface area contributed by atoms with E-state index in [1.54, 1.807) is 6.07 Å². The van der Waals surface area contributed by atoms with Crippen LogP contribution in [0.2, 0.25) is 0 Å². The Morgan fingerprint density at radius 3 is 2.43 bits per heavy atom. The predicted molar refractivity (Wildman–Crippen MR) is 154 cm³/mol. The maximum Gasteiger partial charge on any atom is 0.271 e. The molecule has 1 aliphatic heterocycles. The molecule has 37 heavy (non-hydrogen) atoms. The van der Waals surface area contributed by atoms with Gasteiger partial charge in [0.05, 0.1) is 16.9 Å². The second kappa shape index (κ2) is 12.6. The average Bonchev–Trinajstić information content (AvgIpc) is 3.44. The van der Waals surface area contributed by atoms with Gasteiger partial charge in [-0.1, -0.05) is 17.7 Å². The number of amides is 2. The first-order chi connectivity index (χ1) is 17.9. The van der Waals surface area contributed by atoms with Crippen LogP contribution in [0.4, 0.5) is 11.4 Å². The lowest BCUT2D eigenvalue weighted by molar-refractivity contribution is -0.118. The van der Waals surface area contributed by atoms with E-state index >= 15 is 0 Å². The Hall–Kier alpha value is -3.60. The second-order valence-corrected chi connectivity index (χ2v) is 9.84. The Labute approximate surface area is 230 Å². The number of rotatable bonds is 9. The Bertz CT molecular complexity index is 1270. The van der Waals surface area contributed by atoms with Crippen LogP contribution in [0.15, 0.2) is 65.8 Å². The van der Waals surface area contributed by atoms with Crippen LogP contribution in [-0.2, 0) is 4.79 Å². The summed E-state index contributed by atoms with van der Waals surface area (Å²) >= 11 is 2.11. The van der Waals surface area contributed by atoms with E-state index in [4.69, 9.17) is 9.47 Å². The minimum atomic E-state index is -0.287. The summed E-state index contributed by atoms with van der Waals surface area (Å²) in [6, 6.07) is 18.7. The molecule has 0 bridgehead atoms. The lowest BCUT2D eigenvalue weighted by atomic mass is 10.2. The predicted octanol–water partition coefficient (Wildman–Crippen LogP) is 4.99. The SMILES string of the molecule is COc1cc(/C=N\NC(=O)c2ccc(N3CCCC3)cc2)cc(I)c1OCC(=O)Nc1ccc(C)cc1. The summed E-state index contributed by atoms with van der Waals surface area (Å²) in [6.45, 7) is 3.93. The van der Waals surface area contributed by atoms with Gasteiger partial charge in [-0.05, 0) is 96.5 Å². The normalized spacial score (nSPS) is 13.0. The van der Waals surface area contributed by atoms with Gasteiger partial charge in [-0.2, -0.15) is 5.10 Å². The van der Waals surface area contributed by atoms with Gasteiger partial charge in [0.2, 0.25) is 0 Å². The van der Waals surface area contributed by atoms with E-state index in [-0.39, 0.29) is 18.4 Å². The molecule has 9 heteroatoms. The zero-order chi connectivity index (χ0) is 26.2. The van der Waals surface area contributed by atoms with Crippen LogP contribution < -0.4 is 25.1 Å². The van der Waals surface area contributed by atoms with Gasteiger partial charge in [-0.25, -0.2) is 5.43 Å². The number of nitrogens with zero attached hydrogens (tertiary/aromatic N) is 2. The number of ether oxygens (including phenoxy) is 2. The Morgan fingerprint density at radius 1 is 1.05 bits per heavy atom. The minimum Gasteiger partial charge on any atom is -0.493 e. The molecule has 0 radical (unpaired) electrons. The standard InChI is InChI=1S/C28H29IN4O4/c1-19-5-9-22(10-6-19)31-26(34)18-37-27-24(29)15-20(16-25(27)36-2)17-30-32-28(35)21-7-11-23(12-8-21)33-13-3-4-14-33/h5-12,15-17H,3-4,13-14,18H2,1-2H3,(H,31,34)(H,32,35)/b30-17-. The van der Waals surface area contributed by atoms with E-state index in [9.17, 15) is 9.59 Å². The van der Waals surface area contributed by atoms with Crippen LogP contribution in [-0.4, -0.2) is 44.8 Å². The number of methoxy groups -OCH3 is 1. The molecule has 2 amide bonds. The van der Waals surface area contributed by atoms with Crippen LogP contribution in [0.1, 0.15) is 34.3 Å². The van der Waals surface area contributed by atoms with Crippen molar-refractivity contribution in [2.45, 2.75) is 19.8 Å². The Morgan fingerprint density at radius 2 is 1.76 bits per heavy atom. The fraction of sp³-hybridized carbons (Fsp3) is 0.250. The lowest BCUT2D eigenvalue weighted by Gasteiger charge is -2.17. The van der Waals surface area contributed by atoms with Gasteiger partial charge in [0.1, 0.15) is 0 Å². The van der Waals surface area contributed by atoms with Gasteiger partial charge in [-0.3, -0.25) is 9.59 Å². The molecule has 1 saturated heterocycles. The van der Waals surface area contributed by atoms with Gasteiger partial charge in [0.25, 0.3) is 11.8 Å². The van der Waals surface area contributed by atoms with E-state index < -0.39 is 0 Å². The summed E-state index contributed by atoms with van der Waals surface area (Å²) in [4.78, 5) is 27.1. The largest absolute Gasteiger partial charge is 0.493 e. The number of nitrogens with one attached hydrogen (secondary N) is 2. The van der Waals surface area contributed by atoms with Crippen molar-refractivity contribution in [3.63, 3.8) is 0 Å². The van der Waals surface area contributed by atoms with Gasteiger partial charge in [0.15, 0.2) is 18.1 Å². The van der Waals surface area contributed by atoms with Crippen molar-refractivity contribution in [1.29, 1.82) is 0 Å². The Kier molecular flexibility index (Phi) is 8.99. The highest BCUT2D eigenvalue weighted by Crippen LogP contribution is 2.33. The molecule has 1 heterocycles. The Balaban J connectivity index is 1.33. The van der Waals surface area contributed by atoms with Crippen LogP contribution in [0, 0.1) is 10.5 Å². The third-order valence-corrected chi connectivity index (χ3v) is 6.72. The van der Waals surface area contributed by atoms with Gasteiger partial charge in [0, 0.05) is 30.0 Å². The fourth-order valence-corrected chi connectivity index (χ4v) is 4.74. The average molecular weight is 612 g/mol. The zero-order valence-corrected chi connectivity index (χ0v) is 22.9. The van der Waals surface area contributed by atoms with Gasteiger partial charge in [-0.15, -0.1) is 0 Å². The lowest BCUT2D eigenvalue weighted by Crippen LogP contribution is -2.20. The smallest absolute Gasteiger partial charge is 0.271 e. The second-order valence-electron chi connectivity index (χ2n) is 8.68. The first-order valence-electron chi connectivity index (χ1n) is 12.0. The summed E-state index contributed by atoms with van der Waals surface area (Å²) < 4.78 is 12.0. The van der Waals surface area contributed by atoms with Crippen molar-refractivity contribution in [2.24, 2.45) is 5.10 Å². The monoisotopic (exact) mass is 612 g/mol. The summed E-state index contributed by atoms with van der Waals surface area (Å²) in [6.07, 6.45) is 3.95. The van der Waals surface area contributed by atoms with Crippen molar-refractivity contribution in [3.8, 4) is 11.5 Å². The molecule has 3 aromatic carbocycles. The molecule has 0 aliphatic carbocycles. The molecular weight excluding hydrogens is 583 g/mol. The van der Waals surface area contributed by atoms with Crippen LogP contribution in [0.25, 0.3) is 0 Å². The van der Waals surface area contributed by atoms with E-state index in [0.717, 1.165) is 27.9 Å². The molecule has 192 valence electrons. The summed E-state index contributed by atoms with van der Waals surface area (Å²) in [5.41, 5.74) is 6.77. The first kappa shape index (κ1) is 26.5. The summed E-state index contributed by atoms with van der Waals surface area (Å²) in [5.74, 6) is 0.357. The van der Waals surface area contributed by atoms with Crippen LogP contribution in [0.5, 0.6) is 11.5 Å². The van der Waals surface area contributed by atoms with Crippen molar-refractivity contribution in [2.75, 3.05) is 37.0 Å². The maximum atomic E-state index is 12.5.